The number of carbonyl (C=O) groups is 1. The monoisotopic (exact) mass is 368 g/mol. The number of amides is 1. The van der Waals surface area contributed by atoms with E-state index in [2.05, 4.69) is 15.3 Å². The van der Waals surface area contributed by atoms with Crippen molar-refractivity contribution in [2.45, 2.75) is 25.8 Å². The van der Waals surface area contributed by atoms with Crippen molar-refractivity contribution in [1.29, 1.82) is 0 Å². The lowest BCUT2D eigenvalue weighted by Crippen LogP contribution is -2.41. The van der Waals surface area contributed by atoms with Crippen molar-refractivity contribution in [1.82, 2.24) is 15.3 Å². The van der Waals surface area contributed by atoms with Gasteiger partial charge in [0.2, 0.25) is 0 Å². The number of halogens is 2. The molecule has 0 radical (unpaired) electrons. The third kappa shape index (κ3) is 5.19. The summed E-state index contributed by atoms with van der Waals surface area (Å²) in [6, 6.07) is 0. The highest BCUT2D eigenvalue weighted by molar-refractivity contribution is 7.10. The minimum Gasteiger partial charge on any atom is -0.339 e. The zero-order chi connectivity index (χ0) is 13.9. The Labute approximate surface area is 144 Å². The molecule has 21 heavy (non-hydrogen) atoms. The van der Waals surface area contributed by atoms with Crippen LogP contribution in [0.15, 0.2) is 17.0 Å². The van der Waals surface area contributed by atoms with Crippen LogP contribution in [0.1, 0.15) is 34.4 Å². The van der Waals surface area contributed by atoms with Crippen molar-refractivity contribution in [2.24, 2.45) is 5.73 Å². The normalized spacial score (nSPS) is 10.4. The van der Waals surface area contributed by atoms with E-state index in [1.165, 1.54) is 22.7 Å². The number of rotatable bonds is 5. The van der Waals surface area contributed by atoms with Gasteiger partial charge in [-0.2, -0.15) is 0 Å². The molecule has 0 atom stereocenters. The summed E-state index contributed by atoms with van der Waals surface area (Å²) in [4.78, 5) is 20.7. The number of thiazole rings is 2. The van der Waals surface area contributed by atoms with Crippen LogP contribution >= 0.6 is 47.5 Å². The van der Waals surface area contributed by atoms with Gasteiger partial charge in [-0.1, -0.05) is 0 Å². The average molecular weight is 369 g/mol. The topological polar surface area (TPSA) is 80.9 Å². The number of nitrogens with zero attached hydrogens (tertiary/aromatic N) is 2. The number of nitrogens with one attached hydrogen (secondary N) is 1. The van der Waals surface area contributed by atoms with Crippen molar-refractivity contribution in [3.63, 3.8) is 0 Å². The van der Waals surface area contributed by atoms with Crippen LogP contribution in [0, 0.1) is 0 Å². The van der Waals surface area contributed by atoms with E-state index in [4.69, 9.17) is 5.73 Å². The Kier molecular flexibility index (Phi) is 8.35. The Morgan fingerprint density at radius 2 is 2.10 bits per heavy atom. The van der Waals surface area contributed by atoms with Gasteiger partial charge in [-0.15, -0.1) is 47.5 Å². The molecule has 2 aromatic heterocycles. The Balaban J connectivity index is 0.00000200. The zero-order valence-corrected chi connectivity index (χ0v) is 14.9. The predicted octanol–water partition coefficient (Wildman–Crippen LogP) is 2.61. The molecule has 2 aromatic rings. The molecule has 0 aromatic carbocycles. The zero-order valence-electron chi connectivity index (χ0n) is 11.7. The minimum atomic E-state index is -0.497. The van der Waals surface area contributed by atoms with Crippen LogP contribution in [0.5, 0.6) is 0 Å². The standard InChI is InChI=1S/C12H16N4OS2.2ClH/c1-12(2,11-14-5-6-18-11)16-10(17)8-7-19-9(15-8)3-4-13;;/h5-7H,3-4,13H2,1-2H3,(H,16,17);2*1H. The first-order valence-corrected chi connectivity index (χ1v) is 7.66. The number of nitrogens with two attached hydrogens (primary N) is 1. The van der Waals surface area contributed by atoms with Gasteiger partial charge >= 0.3 is 0 Å². The van der Waals surface area contributed by atoms with Crippen LogP contribution in [0.3, 0.4) is 0 Å². The summed E-state index contributed by atoms with van der Waals surface area (Å²) >= 11 is 2.98. The molecule has 1 amide bonds. The Bertz CT molecular complexity index is 557. The molecule has 0 aliphatic heterocycles. The third-order valence-electron chi connectivity index (χ3n) is 2.54. The van der Waals surface area contributed by atoms with Crippen LogP contribution in [-0.2, 0) is 12.0 Å². The molecule has 2 rings (SSSR count). The quantitative estimate of drug-likeness (QED) is 0.849. The largest absolute Gasteiger partial charge is 0.339 e. The highest BCUT2D eigenvalue weighted by Crippen LogP contribution is 2.22. The van der Waals surface area contributed by atoms with Crippen LogP contribution in [-0.4, -0.2) is 22.4 Å². The second-order valence-corrected chi connectivity index (χ2v) is 6.42. The maximum atomic E-state index is 12.2. The molecule has 0 aliphatic rings. The predicted molar refractivity (Wildman–Crippen MR) is 92.0 cm³/mol. The molecular weight excluding hydrogens is 351 g/mol. The summed E-state index contributed by atoms with van der Waals surface area (Å²) in [5.74, 6) is -0.181. The van der Waals surface area contributed by atoms with Gasteiger partial charge in [0.1, 0.15) is 10.7 Å². The second-order valence-electron chi connectivity index (χ2n) is 4.58. The van der Waals surface area contributed by atoms with Gasteiger partial charge in [0.15, 0.2) is 0 Å². The van der Waals surface area contributed by atoms with E-state index in [0.717, 1.165) is 10.0 Å². The molecule has 2 heterocycles. The van der Waals surface area contributed by atoms with Gasteiger partial charge in [-0.3, -0.25) is 4.79 Å². The SMILES string of the molecule is CC(C)(NC(=O)c1csc(CCN)n1)c1nccs1.Cl.Cl. The summed E-state index contributed by atoms with van der Waals surface area (Å²) < 4.78 is 0. The lowest BCUT2D eigenvalue weighted by atomic mass is 10.1. The van der Waals surface area contributed by atoms with Crippen molar-refractivity contribution >= 4 is 53.4 Å². The molecule has 0 saturated heterocycles. The fourth-order valence-corrected chi connectivity index (χ4v) is 3.10. The maximum Gasteiger partial charge on any atom is 0.271 e. The van der Waals surface area contributed by atoms with Gasteiger partial charge < -0.3 is 11.1 Å². The molecule has 0 unspecified atom stereocenters. The first kappa shape index (κ1) is 20.3. The van der Waals surface area contributed by atoms with E-state index in [1.807, 2.05) is 19.2 Å². The molecule has 0 fully saturated rings. The van der Waals surface area contributed by atoms with Gasteiger partial charge in [-0.05, 0) is 20.4 Å². The Morgan fingerprint density at radius 1 is 1.38 bits per heavy atom. The molecule has 0 spiro atoms. The second kappa shape index (κ2) is 8.65. The highest BCUT2D eigenvalue weighted by Gasteiger charge is 2.26. The number of carbonyl (C=O) groups excluding carboxylic acids is 1. The number of hydrogen-bond acceptors (Lipinski definition) is 6. The summed E-state index contributed by atoms with van der Waals surface area (Å²) in [7, 11) is 0. The fourth-order valence-electron chi connectivity index (χ4n) is 1.59. The number of hydrogen-bond donors (Lipinski definition) is 2. The van der Waals surface area contributed by atoms with E-state index >= 15 is 0 Å². The van der Waals surface area contributed by atoms with Crippen molar-refractivity contribution in [3.8, 4) is 0 Å². The van der Waals surface area contributed by atoms with E-state index in [-0.39, 0.29) is 30.7 Å². The maximum absolute atomic E-state index is 12.2. The lowest BCUT2D eigenvalue weighted by molar-refractivity contribution is 0.0907. The molecule has 0 saturated carbocycles. The van der Waals surface area contributed by atoms with Gasteiger partial charge in [-0.25, -0.2) is 9.97 Å². The van der Waals surface area contributed by atoms with Crippen molar-refractivity contribution in [3.05, 3.63) is 32.7 Å². The molecule has 3 N–H and O–H groups in total. The first-order valence-electron chi connectivity index (χ1n) is 5.90. The summed E-state index contributed by atoms with van der Waals surface area (Å²) in [6.07, 6.45) is 2.43. The summed E-state index contributed by atoms with van der Waals surface area (Å²) in [5.41, 5.74) is 5.42. The van der Waals surface area contributed by atoms with E-state index in [0.29, 0.717) is 18.7 Å². The van der Waals surface area contributed by atoms with E-state index < -0.39 is 5.54 Å². The molecule has 9 heteroatoms. The molecule has 5 nitrogen and oxygen atoms in total. The van der Waals surface area contributed by atoms with Crippen LogP contribution in [0.25, 0.3) is 0 Å². The van der Waals surface area contributed by atoms with E-state index in [9.17, 15) is 4.79 Å². The van der Waals surface area contributed by atoms with Gasteiger partial charge in [0.25, 0.3) is 5.91 Å². The molecular formula is C12H18Cl2N4OS2. The van der Waals surface area contributed by atoms with Crippen LogP contribution in [0.4, 0.5) is 0 Å². The summed E-state index contributed by atoms with van der Waals surface area (Å²) in [6.45, 7) is 4.40. The fraction of sp³-hybridized carbons (Fsp3) is 0.417. The lowest BCUT2D eigenvalue weighted by Gasteiger charge is -2.23. The molecule has 0 bridgehead atoms. The van der Waals surface area contributed by atoms with Gasteiger partial charge in [0, 0.05) is 23.4 Å². The average Bonchev–Trinajstić information content (AvgIpc) is 2.99. The van der Waals surface area contributed by atoms with Crippen LogP contribution < -0.4 is 11.1 Å². The van der Waals surface area contributed by atoms with Crippen molar-refractivity contribution in [2.75, 3.05) is 6.54 Å². The Hall–Kier alpha value is -0.730. The molecule has 0 aliphatic carbocycles. The minimum absolute atomic E-state index is 0. The first-order chi connectivity index (χ1) is 9.03. The smallest absolute Gasteiger partial charge is 0.271 e. The highest BCUT2D eigenvalue weighted by atomic mass is 35.5. The van der Waals surface area contributed by atoms with Crippen molar-refractivity contribution < 1.29 is 4.79 Å². The van der Waals surface area contributed by atoms with Crippen LogP contribution in [0.2, 0.25) is 0 Å². The Morgan fingerprint density at radius 3 is 2.67 bits per heavy atom. The molecule has 118 valence electrons. The number of aromatic nitrogens is 2. The summed E-state index contributed by atoms with van der Waals surface area (Å²) in [5, 5.41) is 8.37. The van der Waals surface area contributed by atoms with E-state index in [1.54, 1.807) is 11.6 Å². The van der Waals surface area contributed by atoms with Gasteiger partial charge in [0.05, 0.1) is 10.5 Å². The third-order valence-corrected chi connectivity index (χ3v) is 4.54.